The van der Waals surface area contributed by atoms with Crippen LogP contribution in [0.5, 0.6) is 5.75 Å². The molecule has 172 valence electrons. The molecule has 3 aromatic carbocycles. The SMILES string of the molecule is COC(=O)C[C@@H](C1=C(O)c2ccccc2C(=O)C1=O)c1ccc(OCCc2ccccc2)cc1. The van der Waals surface area contributed by atoms with E-state index in [1.165, 1.54) is 18.7 Å². The number of hydrogen-bond acceptors (Lipinski definition) is 6. The Hall–Kier alpha value is -4.19. The van der Waals surface area contributed by atoms with E-state index >= 15 is 0 Å². The number of ether oxygens (including phenoxy) is 2. The van der Waals surface area contributed by atoms with Crippen molar-refractivity contribution in [3.05, 3.63) is 107 Å². The minimum Gasteiger partial charge on any atom is -0.507 e. The Balaban J connectivity index is 1.61. The number of Topliss-reactive ketones (excluding diaryl/α,β-unsaturated/α-hetero) is 2. The molecule has 6 nitrogen and oxygen atoms in total. The second-order valence-corrected chi connectivity index (χ2v) is 7.95. The second-order valence-electron chi connectivity index (χ2n) is 7.95. The van der Waals surface area contributed by atoms with Crippen LogP contribution in [0.25, 0.3) is 5.76 Å². The predicted molar refractivity (Wildman–Crippen MR) is 127 cm³/mol. The molecule has 0 spiro atoms. The zero-order valence-corrected chi connectivity index (χ0v) is 18.7. The van der Waals surface area contributed by atoms with Gasteiger partial charge in [0, 0.05) is 23.5 Å². The van der Waals surface area contributed by atoms with E-state index in [2.05, 4.69) is 0 Å². The molecule has 1 aliphatic rings. The molecule has 1 N–H and O–H groups in total. The maximum Gasteiger partial charge on any atom is 0.306 e. The first-order valence-electron chi connectivity index (χ1n) is 10.9. The van der Waals surface area contributed by atoms with Crippen molar-refractivity contribution in [2.75, 3.05) is 13.7 Å². The van der Waals surface area contributed by atoms with Crippen LogP contribution in [0.4, 0.5) is 0 Å². The molecule has 0 fully saturated rings. The lowest BCUT2D eigenvalue weighted by Gasteiger charge is -2.24. The number of benzene rings is 3. The molecule has 6 heteroatoms. The fourth-order valence-corrected chi connectivity index (χ4v) is 4.07. The van der Waals surface area contributed by atoms with Crippen LogP contribution < -0.4 is 4.74 Å². The van der Waals surface area contributed by atoms with E-state index in [1.807, 2.05) is 30.3 Å². The first kappa shape index (κ1) is 23.0. The van der Waals surface area contributed by atoms with Crippen molar-refractivity contribution in [2.45, 2.75) is 18.8 Å². The highest BCUT2D eigenvalue weighted by Gasteiger charge is 2.38. The van der Waals surface area contributed by atoms with Gasteiger partial charge in [-0.15, -0.1) is 0 Å². The van der Waals surface area contributed by atoms with Crippen LogP contribution in [0, 0.1) is 0 Å². The number of hydrogen-bond donors (Lipinski definition) is 1. The van der Waals surface area contributed by atoms with Crippen molar-refractivity contribution < 1.29 is 29.0 Å². The van der Waals surface area contributed by atoms with Crippen LogP contribution in [0.15, 0.2) is 84.4 Å². The average Bonchev–Trinajstić information content (AvgIpc) is 2.88. The number of carbonyl (C=O) groups is 3. The molecule has 0 aliphatic heterocycles. The van der Waals surface area contributed by atoms with Crippen molar-refractivity contribution in [3.63, 3.8) is 0 Å². The van der Waals surface area contributed by atoms with Crippen LogP contribution in [-0.4, -0.2) is 36.4 Å². The summed E-state index contributed by atoms with van der Waals surface area (Å²) in [4.78, 5) is 37.9. The zero-order chi connectivity index (χ0) is 24.1. The van der Waals surface area contributed by atoms with Crippen LogP contribution in [0.1, 0.15) is 39.4 Å². The number of aliphatic hydroxyl groups excluding tert-OH is 1. The molecule has 0 radical (unpaired) electrons. The van der Waals surface area contributed by atoms with E-state index in [1.54, 1.807) is 42.5 Å². The Labute approximate surface area is 197 Å². The smallest absolute Gasteiger partial charge is 0.306 e. The number of esters is 1. The van der Waals surface area contributed by atoms with E-state index < -0.39 is 23.5 Å². The molecule has 3 aromatic rings. The number of methoxy groups -OCH3 is 1. The molecule has 0 amide bonds. The summed E-state index contributed by atoms with van der Waals surface area (Å²) in [5.74, 6) is -2.61. The molecule has 1 aliphatic carbocycles. The van der Waals surface area contributed by atoms with Gasteiger partial charge in [-0.1, -0.05) is 66.7 Å². The third-order valence-electron chi connectivity index (χ3n) is 5.86. The third kappa shape index (κ3) is 4.76. The molecule has 0 unspecified atom stereocenters. The van der Waals surface area contributed by atoms with Gasteiger partial charge in [-0.05, 0) is 23.3 Å². The van der Waals surface area contributed by atoms with Crippen LogP contribution in [0.2, 0.25) is 0 Å². The Morgan fingerprint density at radius 2 is 1.50 bits per heavy atom. The standard InChI is InChI=1S/C28H24O6/c1-33-24(29)17-23(25-26(30)21-9-5-6-10-22(21)27(31)28(25)32)19-11-13-20(14-12-19)34-16-15-18-7-3-2-4-8-18/h2-14,23,30H,15-17H2,1H3/t23-/m1/s1. The summed E-state index contributed by atoms with van der Waals surface area (Å²) in [7, 11) is 1.25. The zero-order valence-electron chi connectivity index (χ0n) is 18.7. The van der Waals surface area contributed by atoms with Crippen LogP contribution in [0.3, 0.4) is 0 Å². The highest BCUT2D eigenvalue weighted by atomic mass is 16.5. The number of aliphatic hydroxyl groups is 1. The number of fused-ring (bicyclic) bond motifs is 1. The summed E-state index contributed by atoms with van der Waals surface area (Å²) in [5.41, 5.74) is 2.07. The highest BCUT2D eigenvalue weighted by molar-refractivity contribution is 6.52. The van der Waals surface area contributed by atoms with Crippen LogP contribution in [-0.2, 0) is 20.7 Å². The summed E-state index contributed by atoms with van der Waals surface area (Å²) in [6, 6.07) is 23.3. The molecular formula is C28H24O6. The molecule has 4 rings (SSSR count). The molecule has 34 heavy (non-hydrogen) atoms. The number of rotatable bonds is 8. The van der Waals surface area contributed by atoms with Crippen molar-refractivity contribution in [1.82, 2.24) is 0 Å². The fraction of sp³-hybridized carbons (Fsp3) is 0.179. The number of carbonyl (C=O) groups excluding carboxylic acids is 3. The molecule has 1 atom stereocenters. The topological polar surface area (TPSA) is 89.9 Å². The lowest BCUT2D eigenvalue weighted by molar-refractivity contribution is -0.140. The molecule has 0 bridgehead atoms. The van der Waals surface area contributed by atoms with Gasteiger partial charge in [0.15, 0.2) is 0 Å². The van der Waals surface area contributed by atoms with Gasteiger partial charge in [0.1, 0.15) is 11.5 Å². The van der Waals surface area contributed by atoms with Gasteiger partial charge < -0.3 is 14.6 Å². The van der Waals surface area contributed by atoms with E-state index in [-0.39, 0.29) is 28.9 Å². The number of ketones is 2. The molecule has 0 heterocycles. The maximum absolute atomic E-state index is 13.0. The first-order valence-corrected chi connectivity index (χ1v) is 10.9. The first-order chi connectivity index (χ1) is 16.5. The average molecular weight is 456 g/mol. The molecular weight excluding hydrogens is 432 g/mol. The molecule has 0 saturated heterocycles. The van der Waals surface area contributed by atoms with Gasteiger partial charge in [0.2, 0.25) is 11.6 Å². The van der Waals surface area contributed by atoms with Crippen molar-refractivity contribution in [2.24, 2.45) is 0 Å². The monoisotopic (exact) mass is 456 g/mol. The molecule has 0 aromatic heterocycles. The van der Waals surface area contributed by atoms with Crippen molar-refractivity contribution in [1.29, 1.82) is 0 Å². The van der Waals surface area contributed by atoms with Crippen molar-refractivity contribution in [3.8, 4) is 5.75 Å². The quantitative estimate of drug-likeness (QED) is 0.391. The van der Waals surface area contributed by atoms with Gasteiger partial charge in [-0.2, -0.15) is 0 Å². The van der Waals surface area contributed by atoms with Gasteiger partial charge in [0.25, 0.3) is 0 Å². The summed E-state index contributed by atoms with van der Waals surface area (Å²) in [5, 5.41) is 10.9. The van der Waals surface area contributed by atoms with Crippen LogP contribution >= 0.6 is 0 Å². The van der Waals surface area contributed by atoms with Gasteiger partial charge in [-0.3, -0.25) is 14.4 Å². The lowest BCUT2D eigenvalue weighted by Crippen LogP contribution is -2.28. The Kier molecular flexibility index (Phi) is 6.87. The van der Waals surface area contributed by atoms with E-state index in [4.69, 9.17) is 9.47 Å². The Morgan fingerprint density at radius 1 is 0.853 bits per heavy atom. The Morgan fingerprint density at radius 3 is 2.18 bits per heavy atom. The number of allylic oxidation sites excluding steroid dienone is 1. The largest absolute Gasteiger partial charge is 0.507 e. The predicted octanol–water partition coefficient (Wildman–Crippen LogP) is 4.69. The summed E-state index contributed by atoms with van der Waals surface area (Å²) >= 11 is 0. The van der Waals surface area contributed by atoms with Crippen molar-refractivity contribution >= 4 is 23.3 Å². The highest BCUT2D eigenvalue weighted by Crippen LogP contribution is 2.38. The summed E-state index contributed by atoms with van der Waals surface area (Å²) in [6.45, 7) is 0.491. The summed E-state index contributed by atoms with van der Waals surface area (Å²) < 4.78 is 10.6. The Bertz CT molecular complexity index is 1240. The van der Waals surface area contributed by atoms with E-state index in [0.29, 0.717) is 17.9 Å². The van der Waals surface area contributed by atoms with Gasteiger partial charge in [0.05, 0.1) is 25.7 Å². The van der Waals surface area contributed by atoms with Gasteiger partial charge in [-0.25, -0.2) is 0 Å². The maximum atomic E-state index is 13.0. The third-order valence-corrected chi connectivity index (χ3v) is 5.86. The minimum atomic E-state index is -0.851. The summed E-state index contributed by atoms with van der Waals surface area (Å²) in [6.07, 6.45) is 0.551. The fourth-order valence-electron chi connectivity index (χ4n) is 4.07. The molecule has 0 saturated carbocycles. The van der Waals surface area contributed by atoms with Gasteiger partial charge >= 0.3 is 5.97 Å². The van der Waals surface area contributed by atoms with E-state index in [0.717, 1.165) is 6.42 Å². The minimum absolute atomic E-state index is 0.105. The van der Waals surface area contributed by atoms with E-state index in [9.17, 15) is 19.5 Å². The normalized spacial score (nSPS) is 13.9. The second kappa shape index (κ2) is 10.2. The lowest BCUT2D eigenvalue weighted by atomic mass is 9.78.